The molecule has 1 unspecified atom stereocenters. The van der Waals surface area contributed by atoms with Crippen LogP contribution in [-0.4, -0.2) is 78.9 Å². The van der Waals surface area contributed by atoms with Gasteiger partial charge in [0.15, 0.2) is 18.3 Å². The van der Waals surface area contributed by atoms with Crippen LogP contribution in [0.5, 0.6) is 0 Å². The van der Waals surface area contributed by atoms with Crippen molar-refractivity contribution in [2.75, 3.05) is 13.7 Å². The van der Waals surface area contributed by atoms with Crippen LogP contribution in [0.3, 0.4) is 0 Å². The Morgan fingerprint density at radius 1 is 1.00 bits per heavy atom. The van der Waals surface area contributed by atoms with E-state index in [1.807, 2.05) is 30.3 Å². The third-order valence-electron chi connectivity index (χ3n) is 5.82. The molecule has 0 saturated carbocycles. The SMILES string of the molecule is COC(=O)C1=C[C@H](N2C=C(c3ccccc3)NN2)[C@@H](NC(C)=O)[C@H]([C@H](OC(C)=O)C(COC(C)=O)OC(C)=O)O1. The number of benzene rings is 1. The van der Waals surface area contributed by atoms with Gasteiger partial charge in [0.05, 0.1) is 24.9 Å². The molecular weight excluding hydrogens is 528 g/mol. The Morgan fingerprint density at radius 2 is 1.68 bits per heavy atom. The molecule has 1 aromatic rings. The molecule has 1 amide bonds. The minimum atomic E-state index is -1.44. The molecule has 14 nitrogen and oxygen atoms in total. The molecule has 0 fully saturated rings. The Bertz CT molecular complexity index is 1190. The highest BCUT2D eigenvalue weighted by atomic mass is 16.6. The van der Waals surface area contributed by atoms with Gasteiger partial charge in [0, 0.05) is 39.5 Å². The summed E-state index contributed by atoms with van der Waals surface area (Å²) in [5.41, 5.74) is 7.55. The Morgan fingerprint density at radius 3 is 2.25 bits per heavy atom. The molecule has 0 saturated heterocycles. The summed E-state index contributed by atoms with van der Waals surface area (Å²) in [5, 5.41) is 4.36. The van der Waals surface area contributed by atoms with Crippen molar-refractivity contribution in [1.29, 1.82) is 0 Å². The average molecular weight is 561 g/mol. The molecule has 0 spiro atoms. The number of esters is 4. The average Bonchev–Trinajstić information content (AvgIpc) is 3.39. The van der Waals surface area contributed by atoms with Gasteiger partial charge in [-0.25, -0.2) is 4.79 Å². The van der Waals surface area contributed by atoms with Crippen LogP contribution in [0.1, 0.15) is 33.3 Å². The van der Waals surface area contributed by atoms with Crippen LogP contribution < -0.4 is 16.3 Å². The van der Waals surface area contributed by atoms with E-state index in [1.165, 1.54) is 13.0 Å². The van der Waals surface area contributed by atoms with E-state index in [2.05, 4.69) is 16.3 Å². The maximum absolute atomic E-state index is 12.7. The van der Waals surface area contributed by atoms with Crippen LogP contribution >= 0.6 is 0 Å². The predicted octanol–water partition coefficient (Wildman–Crippen LogP) is 0.0653. The summed E-state index contributed by atoms with van der Waals surface area (Å²) in [6.45, 7) is 4.17. The smallest absolute Gasteiger partial charge is 0.373 e. The molecule has 3 N–H and O–H groups in total. The Balaban J connectivity index is 2.10. The van der Waals surface area contributed by atoms with Gasteiger partial charge < -0.3 is 34.4 Å². The first-order chi connectivity index (χ1) is 19.0. The molecule has 2 aliphatic rings. The van der Waals surface area contributed by atoms with Gasteiger partial charge in [-0.15, -0.1) is 5.53 Å². The van der Waals surface area contributed by atoms with E-state index in [0.717, 1.165) is 33.4 Å². The lowest BCUT2D eigenvalue weighted by Gasteiger charge is -2.43. The van der Waals surface area contributed by atoms with E-state index in [-0.39, 0.29) is 5.76 Å². The van der Waals surface area contributed by atoms with Gasteiger partial charge in [-0.3, -0.25) is 24.2 Å². The molecule has 0 bridgehead atoms. The minimum absolute atomic E-state index is 0.256. The van der Waals surface area contributed by atoms with Crippen molar-refractivity contribution >= 4 is 35.5 Å². The van der Waals surface area contributed by atoms with E-state index >= 15 is 0 Å². The lowest BCUT2D eigenvalue weighted by atomic mass is 9.91. The molecular formula is C26H32N4O10. The molecule has 1 aromatic carbocycles. The normalized spacial score (nSPS) is 21.3. The van der Waals surface area contributed by atoms with E-state index in [9.17, 15) is 24.0 Å². The standard InChI is InChI=1S/C26H32N4O10/c1-14(31)27-23-20(30-12-19(28-29-30)18-9-7-6-8-10-18)11-21(26(35)36-5)40-25(23)24(39-17(4)34)22(38-16(3)33)13-37-15(2)32/h6-12,20,22-25,28-29H,13H2,1-5H3,(H,27,31)/t20-,22?,23+,24+,25+/m0/s1. The van der Waals surface area contributed by atoms with E-state index in [4.69, 9.17) is 23.7 Å². The predicted molar refractivity (Wildman–Crippen MR) is 137 cm³/mol. The first-order valence-corrected chi connectivity index (χ1v) is 12.3. The number of hydrogen-bond donors (Lipinski definition) is 3. The number of ether oxygens (including phenoxy) is 5. The van der Waals surface area contributed by atoms with Crippen LogP contribution in [0.2, 0.25) is 0 Å². The van der Waals surface area contributed by atoms with Crippen LogP contribution in [0.4, 0.5) is 0 Å². The molecule has 0 aromatic heterocycles. The number of nitrogens with one attached hydrogen (secondary N) is 3. The van der Waals surface area contributed by atoms with Crippen molar-refractivity contribution in [2.45, 2.75) is 58.1 Å². The minimum Gasteiger partial charge on any atom is -0.477 e. The first kappa shape index (κ1) is 30.0. The van der Waals surface area contributed by atoms with Gasteiger partial charge in [0.25, 0.3) is 0 Å². The highest BCUT2D eigenvalue weighted by molar-refractivity contribution is 5.86. The second-order valence-electron chi connectivity index (χ2n) is 8.90. The molecule has 5 atom stereocenters. The van der Waals surface area contributed by atoms with Crippen LogP contribution in [-0.2, 0) is 47.7 Å². The van der Waals surface area contributed by atoms with Crippen LogP contribution in [0.15, 0.2) is 48.4 Å². The molecule has 216 valence electrons. The second-order valence-corrected chi connectivity index (χ2v) is 8.90. The quantitative estimate of drug-likeness (QED) is 0.260. The fourth-order valence-electron chi connectivity index (χ4n) is 4.26. The summed E-state index contributed by atoms with van der Waals surface area (Å²) in [4.78, 5) is 60.8. The number of methoxy groups -OCH3 is 1. The third-order valence-corrected chi connectivity index (χ3v) is 5.82. The zero-order valence-corrected chi connectivity index (χ0v) is 22.7. The van der Waals surface area contributed by atoms with Gasteiger partial charge in [-0.1, -0.05) is 30.3 Å². The van der Waals surface area contributed by atoms with Crippen LogP contribution in [0, 0.1) is 0 Å². The van der Waals surface area contributed by atoms with Gasteiger partial charge in [-0.2, -0.15) is 0 Å². The van der Waals surface area contributed by atoms with Gasteiger partial charge >= 0.3 is 23.9 Å². The number of carbonyl (C=O) groups is 5. The summed E-state index contributed by atoms with van der Waals surface area (Å²) >= 11 is 0. The molecule has 0 aliphatic carbocycles. The molecule has 3 rings (SSSR count). The van der Waals surface area contributed by atoms with Crippen molar-refractivity contribution in [1.82, 2.24) is 21.3 Å². The lowest BCUT2D eigenvalue weighted by molar-refractivity contribution is -0.189. The van der Waals surface area contributed by atoms with E-state index < -0.39 is 66.8 Å². The third kappa shape index (κ3) is 7.72. The van der Waals surface area contributed by atoms with E-state index in [1.54, 1.807) is 11.2 Å². The molecule has 2 aliphatic heterocycles. The number of amides is 1. The summed E-state index contributed by atoms with van der Waals surface area (Å²) < 4.78 is 26.8. The van der Waals surface area contributed by atoms with Gasteiger partial charge in [0.2, 0.25) is 11.7 Å². The highest BCUT2D eigenvalue weighted by Gasteiger charge is 2.49. The Labute approximate surface area is 230 Å². The fraction of sp³-hybridized carbons (Fsp3) is 0.423. The van der Waals surface area contributed by atoms with Crippen molar-refractivity contribution in [2.24, 2.45) is 0 Å². The number of hydrazine groups is 2. The van der Waals surface area contributed by atoms with Crippen LogP contribution in [0.25, 0.3) is 5.70 Å². The van der Waals surface area contributed by atoms with Crippen molar-refractivity contribution < 1.29 is 47.7 Å². The zero-order chi connectivity index (χ0) is 29.4. The van der Waals surface area contributed by atoms with Crippen molar-refractivity contribution in [3.05, 3.63) is 53.9 Å². The van der Waals surface area contributed by atoms with Gasteiger partial charge in [-0.05, 0) is 6.08 Å². The number of nitrogens with zero attached hydrogens (tertiary/aromatic N) is 1. The first-order valence-electron chi connectivity index (χ1n) is 12.3. The molecule has 40 heavy (non-hydrogen) atoms. The summed E-state index contributed by atoms with van der Waals surface area (Å²) in [6.07, 6.45) is -0.982. The zero-order valence-electron chi connectivity index (χ0n) is 22.7. The maximum Gasteiger partial charge on any atom is 0.373 e. The van der Waals surface area contributed by atoms with E-state index in [0.29, 0.717) is 5.70 Å². The fourth-order valence-corrected chi connectivity index (χ4v) is 4.26. The maximum atomic E-state index is 12.7. The Kier molecular flexibility index (Phi) is 10.1. The largest absolute Gasteiger partial charge is 0.477 e. The lowest BCUT2D eigenvalue weighted by Crippen LogP contribution is -2.65. The topological polar surface area (TPSA) is 171 Å². The summed E-state index contributed by atoms with van der Waals surface area (Å²) in [7, 11) is 1.16. The number of hydrogen-bond acceptors (Lipinski definition) is 13. The second kappa shape index (κ2) is 13.5. The Hall–Kier alpha value is -4.59. The highest BCUT2D eigenvalue weighted by Crippen LogP contribution is 2.30. The number of rotatable bonds is 10. The van der Waals surface area contributed by atoms with Crippen molar-refractivity contribution in [3.63, 3.8) is 0 Å². The molecule has 2 heterocycles. The van der Waals surface area contributed by atoms with Crippen molar-refractivity contribution in [3.8, 4) is 0 Å². The summed E-state index contributed by atoms with van der Waals surface area (Å²) in [5.74, 6) is -3.80. The van der Waals surface area contributed by atoms with Gasteiger partial charge in [0.1, 0.15) is 6.61 Å². The molecule has 14 heteroatoms. The molecule has 0 radical (unpaired) electrons. The number of carbonyl (C=O) groups excluding carboxylic acids is 5. The summed E-state index contributed by atoms with van der Waals surface area (Å²) in [6, 6.07) is 7.52. The monoisotopic (exact) mass is 560 g/mol.